The molecule has 1 aromatic heterocycles. The van der Waals surface area contributed by atoms with Crippen molar-refractivity contribution in [2.75, 3.05) is 25.6 Å². The summed E-state index contributed by atoms with van der Waals surface area (Å²) < 4.78 is 23.4. The number of sulfone groups is 1. The molecule has 21 heavy (non-hydrogen) atoms. The third-order valence-corrected chi connectivity index (χ3v) is 5.76. The number of nitrogens with zero attached hydrogens (tertiary/aromatic N) is 3. The summed E-state index contributed by atoms with van der Waals surface area (Å²) in [6.45, 7) is 2.35. The zero-order chi connectivity index (χ0) is 15.6. The fourth-order valence-electron chi connectivity index (χ4n) is 2.59. The monoisotopic (exact) mass is 314 g/mol. The minimum absolute atomic E-state index is 0.0633. The van der Waals surface area contributed by atoms with Gasteiger partial charge in [-0.2, -0.15) is 5.10 Å². The number of amides is 2. The largest absolute Gasteiger partial charge is 0.324 e. The first-order valence-corrected chi connectivity index (χ1v) is 8.79. The van der Waals surface area contributed by atoms with E-state index in [-0.39, 0.29) is 23.6 Å². The lowest BCUT2D eigenvalue weighted by atomic mass is 10.1. The van der Waals surface area contributed by atoms with Gasteiger partial charge in [-0.1, -0.05) is 0 Å². The Bertz CT molecular complexity index is 611. The minimum Gasteiger partial charge on any atom is -0.324 e. The van der Waals surface area contributed by atoms with Crippen LogP contribution in [-0.2, 0) is 16.4 Å². The molecular formula is C13H22N4O3S. The Hall–Kier alpha value is -1.57. The molecular weight excluding hydrogens is 292 g/mol. The van der Waals surface area contributed by atoms with Gasteiger partial charge in [-0.3, -0.25) is 5.10 Å². The molecule has 1 fully saturated rings. The van der Waals surface area contributed by atoms with Crippen molar-refractivity contribution < 1.29 is 13.2 Å². The first-order valence-electron chi connectivity index (χ1n) is 6.97. The van der Waals surface area contributed by atoms with Crippen molar-refractivity contribution in [2.24, 2.45) is 0 Å². The van der Waals surface area contributed by atoms with Gasteiger partial charge in [-0.05, 0) is 19.8 Å². The number of carbonyl (C=O) groups is 1. The van der Waals surface area contributed by atoms with Gasteiger partial charge in [0.15, 0.2) is 9.84 Å². The highest BCUT2D eigenvalue weighted by atomic mass is 32.2. The number of rotatable bonds is 3. The van der Waals surface area contributed by atoms with Crippen LogP contribution in [0.2, 0.25) is 0 Å². The van der Waals surface area contributed by atoms with E-state index >= 15 is 0 Å². The normalized spacial score (nSPS) is 21.0. The van der Waals surface area contributed by atoms with E-state index in [1.807, 2.05) is 6.92 Å². The Morgan fingerprint density at radius 1 is 1.48 bits per heavy atom. The van der Waals surface area contributed by atoms with Crippen LogP contribution in [0, 0.1) is 6.92 Å². The van der Waals surface area contributed by atoms with E-state index in [2.05, 4.69) is 10.2 Å². The average molecular weight is 314 g/mol. The van der Waals surface area contributed by atoms with Crippen molar-refractivity contribution in [1.82, 2.24) is 20.0 Å². The van der Waals surface area contributed by atoms with Gasteiger partial charge in [0, 0.05) is 31.4 Å². The van der Waals surface area contributed by atoms with Crippen molar-refractivity contribution >= 4 is 15.9 Å². The second-order valence-corrected chi connectivity index (χ2v) is 7.91. The Morgan fingerprint density at radius 3 is 2.76 bits per heavy atom. The van der Waals surface area contributed by atoms with E-state index in [1.165, 1.54) is 0 Å². The molecule has 7 nitrogen and oxygen atoms in total. The maximum absolute atomic E-state index is 12.4. The lowest BCUT2D eigenvalue weighted by Gasteiger charge is -2.33. The van der Waals surface area contributed by atoms with Crippen LogP contribution >= 0.6 is 0 Å². The van der Waals surface area contributed by atoms with Crippen LogP contribution < -0.4 is 0 Å². The number of H-pyrrole nitrogens is 1. The summed E-state index contributed by atoms with van der Waals surface area (Å²) in [4.78, 5) is 15.5. The number of hydrogen-bond acceptors (Lipinski definition) is 4. The maximum Gasteiger partial charge on any atom is 0.320 e. The lowest BCUT2D eigenvalue weighted by molar-refractivity contribution is 0.154. The molecule has 1 saturated heterocycles. The van der Waals surface area contributed by atoms with Crippen molar-refractivity contribution in [3.05, 3.63) is 17.5 Å². The van der Waals surface area contributed by atoms with Crippen molar-refractivity contribution in [1.29, 1.82) is 0 Å². The standard InChI is InChI=1S/C13H22N4O3S/c1-10-11(7-14-15-10)8-16(2)13(18)17(3)12-5-4-6-21(19,20)9-12/h7,12H,4-6,8-9H2,1-3H3,(H,14,15). The summed E-state index contributed by atoms with van der Waals surface area (Å²) in [5.41, 5.74) is 1.88. The molecule has 1 aliphatic rings. The molecule has 8 heteroatoms. The smallest absolute Gasteiger partial charge is 0.320 e. The Balaban J connectivity index is 2.00. The molecule has 2 rings (SSSR count). The molecule has 2 heterocycles. The van der Waals surface area contributed by atoms with Crippen LogP contribution in [0.1, 0.15) is 24.1 Å². The lowest BCUT2D eigenvalue weighted by Crippen LogP contribution is -2.48. The summed E-state index contributed by atoms with van der Waals surface area (Å²) in [7, 11) is 0.364. The fourth-order valence-corrected chi connectivity index (χ4v) is 4.34. The molecule has 1 N–H and O–H groups in total. The third kappa shape index (κ3) is 3.75. The number of aryl methyl sites for hydroxylation is 1. The topological polar surface area (TPSA) is 86.4 Å². The predicted octanol–water partition coefficient (Wildman–Crippen LogP) is 0.779. The summed E-state index contributed by atoms with van der Waals surface area (Å²) in [6.07, 6.45) is 3.05. The molecule has 1 aliphatic heterocycles. The van der Waals surface area contributed by atoms with E-state index in [0.29, 0.717) is 13.0 Å². The van der Waals surface area contributed by atoms with Gasteiger partial charge >= 0.3 is 6.03 Å². The van der Waals surface area contributed by atoms with Crippen LogP contribution in [0.5, 0.6) is 0 Å². The molecule has 2 amide bonds. The number of nitrogens with one attached hydrogen (secondary N) is 1. The maximum atomic E-state index is 12.4. The van der Waals surface area contributed by atoms with Gasteiger partial charge < -0.3 is 9.80 Å². The summed E-state index contributed by atoms with van der Waals surface area (Å²) in [5.74, 6) is 0.295. The van der Waals surface area contributed by atoms with Crippen LogP contribution in [-0.4, -0.2) is 66.1 Å². The molecule has 1 unspecified atom stereocenters. The Morgan fingerprint density at radius 2 is 2.19 bits per heavy atom. The van der Waals surface area contributed by atoms with Crippen LogP contribution in [0.3, 0.4) is 0 Å². The zero-order valence-corrected chi connectivity index (χ0v) is 13.5. The van der Waals surface area contributed by atoms with Crippen molar-refractivity contribution in [2.45, 2.75) is 32.4 Å². The number of aromatic nitrogens is 2. The third-order valence-electron chi connectivity index (χ3n) is 3.96. The van der Waals surface area contributed by atoms with Gasteiger partial charge in [0.25, 0.3) is 0 Å². The fraction of sp³-hybridized carbons (Fsp3) is 0.692. The van der Waals surface area contributed by atoms with E-state index in [9.17, 15) is 13.2 Å². The first-order chi connectivity index (χ1) is 9.80. The second kappa shape index (κ2) is 6.05. The van der Waals surface area contributed by atoms with Crippen molar-refractivity contribution in [3.8, 4) is 0 Å². The highest BCUT2D eigenvalue weighted by molar-refractivity contribution is 7.91. The number of urea groups is 1. The molecule has 1 atom stereocenters. The van der Waals surface area contributed by atoms with Gasteiger partial charge in [0.1, 0.15) is 0 Å². The number of aromatic amines is 1. The zero-order valence-electron chi connectivity index (χ0n) is 12.7. The molecule has 0 spiro atoms. The van der Waals surface area contributed by atoms with Gasteiger partial charge in [-0.15, -0.1) is 0 Å². The Labute approximate surface area is 125 Å². The highest BCUT2D eigenvalue weighted by Crippen LogP contribution is 2.18. The van der Waals surface area contributed by atoms with Crippen LogP contribution in [0.4, 0.5) is 4.79 Å². The van der Waals surface area contributed by atoms with E-state index in [1.54, 1.807) is 30.1 Å². The average Bonchev–Trinajstić information content (AvgIpc) is 2.81. The Kier molecular flexibility index (Phi) is 4.55. The molecule has 118 valence electrons. The van der Waals surface area contributed by atoms with Gasteiger partial charge in [0.2, 0.25) is 0 Å². The van der Waals surface area contributed by atoms with E-state index in [4.69, 9.17) is 0 Å². The molecule has 0 aromatic carbocycles. The van der Waals surface area contributed by atoms with Crippen molar-refractivity contribution in [3.63, 3.8) is 0 Å². The molecule has 0 saturated carbocycles. The first kappa shape index (κ1) is 15.8. The summed E-state index contributed by atoms with van der Waals surface area (Å²) >= 11 is 0. The second-order valence-electron chi connectivity index (χ2n) is 5.68. The van der Waals surface area contributed by atoms with E-state index in [0.717, 1.165) is 17.7 Å². The van der Waals surface area contributed by atoms with E-state index < -0.39 is 9.84 Å². The molecule has 0 radical (unpaired) electrons. The van der Waals surface area contributed by atoms with Gasteiger partial charge in [0.05, 0.1) is 24.2 Å². The predicted molar refractivity (Wildman–Crippen MR) is 79.6 cm³/mol. The molecule has 0 aliphatic carbocycles. The SMILES string of the molecule is Cc1[nH]ncc1CN(C)C(=O)N(C)C1CCCS(=O)(=O)C1. The molecule has 0 bridgehead atoms. The summed E-state index contributed by atoms with van der Waals surface area (Å²) in [5, 5.41) is 6.77. The number of carbonyl (C=O) groups excluding carboxylic acids is 1. The van der Waals surface area contributed by atoms with Crippen LogP contribution in [0.15, 0.2) is 6.20 Å². The minimum atomic E-state index is -3.02. The van der Waals surface area contributed by atoms with Gasteiger partial charge in [-0.25, -0.2) is 13.2 Å². The number of hydrogen-bond donors (Lipinski definition) is 1. The molecule has 1 aromatic rings. The highest BCUT2D eigenvalue weighted by Gasteiger charge is 2.31. The summed E-state index contributed by atoms with van der Waals surface area (Å²) in [6, 6.07) is -0.401. The quantitative estimate of drug-likeness (QED) is 0.893. The van der Waals surface area contributed by atoms with Crippen LogP contribution in [0.25, 0.3) is 0 Å².